The monoisotopic (exact) mass is 430 g/mol. The van der Waals surface area contributed by atoms with Crippen LogP contribution >= 0.6 is 11.6 Å². The zero-order chi connectivity index (χ0) is 22.0. The number of ether oxygens (including phenoxy) is 1. The lowest BCUT2D eigenvalue weighted by atomic mass is 10.1. The molecule has 4 nitrogen and oxygen atoms in total. The molecule has 154 valence electrons. The minimum atomic E-state index is -0.687. The molecule has 3 aromatic carbocycles. The van der Waals surface area contributed by atoms with Gasteiger partial charge in [0.1, 0.15) is 5.58 Å². The van der Waals surface area contributed by atoms with Gasteiger partial charge in [0, 0.05) is 11.6 Å². The number of aryl methyl sites for hydroxylation is 2. The number of esters is 1. The summed E-state index contributed by atoms with van der Waals surface area (Å²) in [6.07, 6.45) is 2.91. The number of hydrogen-bond donors (Lipinski definition) is 0. The summed E-state index contributed by atoms with van der Waals surface area (Å²) >= 11 is 6.33. The number of carbonyl (C=O) groups is 1. The first-order chi connectivity index (χ1) is 14.9. The summed E-state index contributed by atoms with van der Waals surface area (Å²) in [4.78, 5) is 25.8. The van der Waals surface area contributed by atoms with E-state index in [0.717, 1.165) is 16.7 Å². The Balaban J connectivity index is 1.79. The van der Waals surface area contributed by atoms with Gasteiger partial charge in [-0.1, -0.05) is 65.2 Å². The average Bonchev–Trinajstić information content (AvgIpc) is 2.76. The van der Waals surface area contributed by atoms with Gasteiger partial charge in [0.05, 0.1) is 10.4 Å². The Labute approximate surface area is 184 Å². The highest BCUT2D eigenvalue weighted by Gasteiger charge is 2.21. The van der Waals surface area contributed by atoms with Crippen LogP contribution in [0.15, 0.2) is 82.0 Å². The second-order valence-corrected chi connectivity index (χ2v) is 7.64. The minimum Gasteiger partial charge on any atom is -0.452 e. The lowest BCUT2D eigenvalue weighted by Gasteiger charge is -2.11. The number of benzene rings is 3. The Kier molecular flexibility index (Phi) is 5.74. The van der Waals surface area contributed by atoms with Crippen molar-refractivity contribution >= 4 is 34.6 Å². The van der Waals surface area contributed by atoms with Crippen molar-refractivity contribution in [1.82, 2.24) is 0 Å². The van der Waals surface area contributed by atoms with Crippen molar-refractivity contribution < 1.29 is 13.9 Å². The molecule has 0 fully saturated rings. The fourth-order valence-electron chi connectivity index (χ4n) is 3.18. The lowest BCUT2D eigenvalue weighted by molar-refractivity contribution is -0.129. The highest BCUT2D eigenvalue weighted by Crippen LogP contribution is 2.35. The highest BCUT2D eigenvalue weighted by molar-refractivity contribution is 6.33. The molecule has 0 atom stereocenters. The molecule has 0 aliphatic carbocycles. The second kappa shape index (κ2) is 8.62. The lowest BCUT2D eigenvalue weighted by Crippen LogP contribution is -2.14. The van der Waals surface area contributed by atoms with Gasteiger partial charge in [-0.15, -0.1) is 0 Å². The van der Waals surface area contributed by atoms with Crippen LogP contribution in [0.1, 0.15) is 16.7 Å². The van der Waals surface area contributed by atoms with Gasteiger partial charge in [-0.05, 0) is 49.8 Å². The van der Waals surface area contributed by atoms with Crippen LogP contribution in [-0.2, 0) is 4.79 Å². The number of halogens is 1. The van der Waals surface area contributed by atoms with Crippen LogP contribution in [0.2, 0.25) is 5.02 Å². The van der Waals surface area contributed by atoms with Crippen LogP contribution in [0, 0.1) is 13.8 Å². The minimum absolute atomic E-state index is 0.115. The van der Waals surface area contributed by atoms with E-state index in [0.29, 0.717) is 21.6 Å². The van der Waals surface area contributed by atoms with Crippen molar-refractivity contribution in [2.75, 3.05) is 0 Å². The third kappa shape index (κ3) is 4.44. The Morgan fingerprint density at radius 1 is 0.968 bits per heavy atom. The van der Waals surface area contributed by atoms with Crippen LogP contribution in [-0.4, -0.2) is 5.97 Å². The summed E-state index contributed by atoms with van der Waals surface area (Å²) in [5.41, 5.74) is 3.27. The molecule has 0 saturated carbocycles. The van der Waals surface area contributed by atoms with Crippen LogP contribution < -0.4 is 10.2 Å². The number of rotatable bonds is 4. The molecule has 4 rings (SSSR count). The molecule has 0 unspecified atom stereocenters. The molecule has 0 amide bonds. The van der Waals surface area contributed by atoms with Gasteiger partial charge in [-0.3, -0.25) is 4.79 Å². The maximum atomic E-state index is 13.2. The van der Waals surface area contributed by atoms with E-state index in [1.165, 1.54) is 6.08 Å². The number of carbonyl (C=O) groups excluding carboxylic acids is 1. The molecule has 31 heavy (non-hydrogen) atoms. The summed E-state index contributed by atoms with van der Waals surface area (Å²) in [6.45, 7) is 3.86. The van der Waals surface area contributed by atoms with E-state index in [1.54, 1.807) is 42.5 Å². The van der Waals surface area contributed by atoms with E-state index in [9.17, 15) is 9.59 Å². The fraction of sp³-hybridized carbons (Fsp3) is 0.0769. The molecule has 0 radical (unpaired) electrons. The molecule has 0 saturated heterocycles. The van der Waals surface area contributed by atoms with Gasteiger partial charge in [-0.2, -0.15) is 0 Å². The topological polar surface area (TPSA) is 56.5 Å². The quantitative estimate of drug-likeness (QED) is 0.279. The first-order valence-electron chi connectivity index (χ1n) is 9.71. The second-order valence-electron chi connectivity index (χ2n) is 7.23. The van der Waals surface area contributed by atoms with E-state index in [4.69, 9.17) is 20.8 Å². The molecule has 0 aliphatic heterocycles. The molecular weight excluding hydrogens is 412 g/mol. The molecule has 4 aromatic rings. The van der Waals surface area contributed by atoms with Crippen molar-refractivity contribution in [3.8, 4) is 17.1 Å². The first kappa shape index (κ1) is 20.6. The number of hydrogen-bond acceptors (Lipinski definition) is 4. The molecule has 5 heteroatoms. The molecule has 0 spiro atoms. The Morgan fingerprint density at radius 3 is 2.42 bits per heavy atom. The number of fused-ring (bicyclic) bond motifs is 1. The maximum absolute atomic E-state index is 13.2. The average molecular weight is 431 g/mol. The van der Waals surface area contributed by atoms with Crippen LogP contribution in [0.4, 0.5) is 0 Å². The van der Waals surface area contributed by atoms with Crippen molar-refractivity contribution in [2.45, 2.75) is 13.8 Å². The molecular formula is C26H19ClO4. The summed E-state index contributed by atoms with van der Waals surface area (Å²) < 4.78 is 11.5. The van der Waals surface area contributed by atoms with Crippen molar-refractivity contribution in [1.29, 1.82) is 0 Å². The van der Waals surface area contributed by atoms with Crippen LogP contribution in [0.5, 0.6) is 5.75 Å². The smallest absolute Gasteiger partial charge is 0.336 e. The van der Waals surface area contributed by atoms with Gasteiger partial charge >= 0.3 is 5.97 Å². The van der Waals surface area contributed by atoms with E-state index in [2.05, 4.69) is 0 Å². The third-order valence-electron chi connectivity index (χ3n) is 4.81. The summed E-state index contributed by atoms with van der Waals surface area (Å²) in [5, 5.41) is 0.714. The van der Waals surface area contributed by atoms with Gasteiger partial charge in [0.25, 0.3) is 0 Å². The van der Waals surface area contributed by atoms with Crippen LogP contribution in [0.3, 0.4) is 0 Å². The summed E-state index contributed by atoms with van der Waals surface area (Å²) in [7, 11) is 0. The van der Waals surface area contributed by atoms with Crippen molar-refractivity contribution in [2.24, 2.45) is 0 Å². The van der Waals surface area contributed by atoms with Crippen LogP contribution in [0.25, 0.3) is 28.4 Å². The molecule has 0 bridgehead atoms. The van der Waals surface area contributed by atoms with Gasteiger partial charge in [0.2, 0.25) is 11.2 Å². The zero-order valence-electron chi connectivity index (χ0n) is 17.0. The molecule has 0 N–H and O–H groups in total. The van der Waals surface area contributed by atoms with Gasteiger partial charge < -0.3 is 9.15 Å². The SMILES string of the molecule is Cc1ccc(C=CC(=O)Oc2c(-c3ccccc3Cl)oc3ccc(C)cc3c2=O)cc1. The van der Waals surface area contributed by atoms with E-state index < -0.39 is 11.4 Å². The maximum Gasteiger partial charge on any atom is 0.336 e. The summed E-state index contributed by atoms with van der Waals surface area (Å²) in [6, 6.07) is 19.9. The van der Waals surface area contributed by atoms with Gasteiger partial charge in [-0.25, -0.2) is 4.79 Å². The molecule has 1 aromatic heterocycles. The molecule has 0 aliphatic rings. The first-order valence-corrected chi connectivity index (χ1v) is 10.1. The highest BCUT2D eigenvalue weighted by atomic mass is 35.5. The molecule has 1 heterocycles. The fourth-order valence-corrected chi connectivity index (χ4v) is 3.41. The third-order valence-corrected chi connectivity index (χ3v) is 5.14. The van der Waals surface area contributed by atoms with E-state index in [-0.39, 0.29) is 11.5 Å². The predicted molar refractivity (Wildman–Crippen MR) is 124 cm³/mol. The predicted octanol–water partition coefficient (Wildman–Crippen LogP) is 6.35. The zero-order valence-corrected chi connectivity index (χ0v) is 17.8. The standard InChI is InChI=1S/C26H19ClO4/c1-16-7-10-18(11-8-16)12-14-23(28)31-26-24(29)20-15-17(2)9-13-22(20)30-25(26)19-5-3-4-6-21(19)27/h3-15H,1-2H3. The Bertz CT molecular complexity index is 1360. The van der Waals surface area contributed by atoms with Crippen molar-refractivity contribution in [3.05, 3.63) is 105 Å². The van der Waals surface area contributed by atoms with E-state index >= 15 is 0 Å². The largest absolute Gasteiger partial charge is 0.452 e. The van der Waals surface area contributed by atoms with Gasteiger partial charge in [0.15, 0.2) is 5.76 Å². The Morgan fingerprint density at radius 2 is 1.68 bits per heavy atom. The van der Waals surface area contributed by atoms with E-state index in [1.807, 2.05) is 44.2 Å². The summed E-state index contributed by atoms with van der Waals surface area (Å²) in [5.74, 6) is -0.762. The Hall–Kier alpha value is -3.63. The normalized spacial score (nSPS) is 11.2. The van der Waals surface area contributed by atoms with Crippen molar-refractivity contribution in [3.63, 3.8) is 0 Å².